The zero-order valence-electron chi connectivity index (χ0n) is 19.4. The lowest BCUT2D eigenvalue weighted by molar-refractivity contribution is -0.144. The minimum atomic E-state index is -0.308. The molecule has 0 aromatic heterocycles. The fraction of sp³-hybridized carbons (Fsp3) is 0.640. The molecule has 7 nitrogen and oxygen atoms in total. The Morgan fingerprint density at radius 2 is 1.91 bits per heavy atom. The van der Waals surface area contributed by atoms with Gasteiger partial charge < -0.3 is 19.7 Å². The summed E-state index contributed by atoms with van der Waals surface area (Å²) < 4.78 is 11.0. The van der Waals surface area contributed by atoms with Gasteiger partial charge in [-0.05, 0) is 55.4 Å². The lowest BCUT2D eigenvalue weighted by Gasteiger charge is -2.34. The quantitative estimate of drug-likeness (QED) is 0.427. The smallest absolute Gasteiger partial charge is 0.302 e. The van der Waals surface area contributed by atoms with E-state index in [0.717, 1.165) is 55.5 Å². The van der Waals surface area contributed by atoms with Crippen molar-refractivity contribution in [1.29, 1.82) is 0 Å². The normalized spacial score (nSPS) is 18.4. The van der Waals surface area contributed by atoms with Gasteiger partial charge in [-0.25, -0.2) is 0 Å². The maximum Gasteiger partial charge on any atom is 0.302 e. The second-order valence-corrected chi connectivity index (χ2v) is 8.93. The standard InChI is InChI=1S/C25H36N2O5/c1-18-16-24(29)26-23-12-11-21(17-22(18)23)32-14-7-6-10-25(30)27(13-15-31-19(2)28)20-8-4-3-5-9-20/h11-12,17-18,20H,3-10,13-16H2,1-2H3,(H,26,29). The van der Waals surface area contributed by atoms with Gasteiger partial charge in [-0.2, -0.15) is 0 Å². The first kappa shape index (κ1) is 24.1. The van der Waals surface area contributed by atoms with Gasteiger partial charge in [-0.15, -0.1) is 0 Å². The van der Waals surface area contributed by atoms with Crippen molar-refractivity contribution in [2.24, 2.45) is 0 Å². The average molecular weight is 445 g/mol. The van der Waals surface area contributed by atoms with Gasteiger partial charge in [-0.1, -0.05) is 26.2 Å². The predicted octanol–water partition coefficient (Wildman–Crippen LogP) is 4.41. The minimum Gasteiger partial charge on any atom is -0.494 e. The van der Waals surface area contributed by atoms with Crippen LogP contribution in [0.3, 0.4) is 0 Å². The van der Waals surface area contributed by atoms with Crippen molar-refractivity contribution in [2.45, 2.75) is 83.6 Å². The maximum atomic E-state index is 12.9. The summed E-state index contributed by atoms with van der Waals surface area (Å²) in [6.07, 6.45) is 8.12. The molecule has 1 atom stereocenters. The lowest BCUT2D eigenvalue weighted by atomic mass is 9.92. The van der Waals surface area contributed by atoms with E-state index in [4.69, 9.17) is 9.47 Å². The van der Waals surface area contributed by atoms with E-state index in [-0.39, 0.29) is 36.4 Å². The predicted molar refractivity (Wildman–Crippen MR) is 123 cm³/mol. The molecule has 0 bridgehead atoms. The molecule has 3 rings (SSSR count). The molecular weight excluding hydrogens is 408 g/mol. The molecule has 0 saturated heterocycles. The number of esters is 1. The minimum absolute atomic E-state index is 0.0541. The van der Waals surface area contributed by atoms with Gasteiger partial charge in [0, 0.05) is 31.5 Å². The fourth-order valence-corrected chi connectivity index (χ4v) is 4.64. The summed E-state index contributed by atoms with van der Waals surface area (Å²) in [5.74, 6) is 0.860. The van der Waals surface area contributed by atoms with E-state index >= 15 is 0 Å². The first-order valence-corrected chi connectivity index (χ1v) is 11.9. The Kier molecular flexibility index (Phi) is 8.94. The second kappa shape index (κ2) is 11.9. The Bertz CT molecular complexity index is 804. The highest BCUT2D eigenvalue weighted by Gasteiger charge is 2.25. The van der Waals surface area contributed by atoms with Crippen molar-refractivity contribution in [3.63, 3.8) is 0 Å². The van der Waals surface area contributed by atoms with Gasteiger partial charge in [0.05, 0.1) is 13.2 Å². The molecule has 2 aliphatic rings. The molecular formula is C25H36N2O5. The largest absolute Gasteiger partial charge is 0.494 e. The van der Waals surface area contributed by atoms with Crippen LogP contribution in [0.15, 0.2) is 18.2 Å². The monoisotopic (exact) mass is 444 g/mol. The molecule has 1 aromatic rings. The van der Waals surface area contributed by atoms with E-state index in [0.29, 0.717) is 26.0 Å². The summed E-state index contributed by atoms with van der Waals surface area (Å²) in [5, 5.41) is 2.90. The molecule has 1 N–H and O–H groups in total. The van der Waals surface area contributed by atoms with Gasteiger partial charge in [0.15, 0.2) is 0 Å². The van der Waals surface area contributed by atoms with Crippen LogP contribution in [-0.2, 0) is 19.1 Å². The number of rotatable bonds is 10. The first-order valence-electron chi connectivity index (χ1n) is 11.9. The molecule has 1 aliphatic carbocycles. The summed E-state index contributed by atoms with van der Waals surface area (Å²) in [6, 6.07) is 6.04. The van der Waals surface area contributed by atoms with Crippen LogP contribution in [0.25, 0.3) is 0 Å². The van der Waals surface area contributed by atoms with Crippen LogP contribution < -0.4 is 10.1 Å². The zero-order chi connectivity index (χ0) is 22.9. The summed E-state index contributed by atoms with van der Waals surface area (Å²) >= 11 is 0. The highest BCUT2D eigenvalue weighted by Crippen LogP contribution is 2.34. The summed E-state index contributed by atoms with van der Waals surface area (Å²) in [6.45, 7) is 4.73. The number of hydrogen-bond donors (Lipinski definition) is 1. The Labute approximate surface area is 190 Å². The van der Waals surface area contributed by atoms with Gasteiger partial charge >= 0.3 is 5.97 Å². The molecule has 0 radical (unpaired) electrons. The van der Waals surface area contributed by atoms with E-state index < -0.39 is 0 Å². The Balaban J connectivity index is 1.43. The molecule has 0 spiro atoms. The number of fused-ring (bicyclic) bond motifs is 1. The Morgan fingerprint density at radius 3 is 2.66 bits per heavy atom. The molecule has 1 aromatic carbocycles. The van der Waals surface area contributed by atoms with Crippen molar-refractivity contribution in [3.8, 4) is 5.75 Å². The van der Waals surface area contributed by atoms with Crippen molar-refractivity contribution in [2.75, 3.05) is 25.1 Å². The van der Waals surface area contributed by atoms with Crippen LogP contribution in [-0.4, -0.2) is 48.5 Å². The fourth-order valence-electron chi connectivity index (χ4n) is 4.64. The van der Waals surface area contributed by atoms with Gasteiger partial charge in [-0.3, -0.25) is 14.4 Å². The number of amides is 2. The molecule has 32 heavy (non-hydrogen) atoms. The number of benzene rings is 1. The maximum absolute atomic E-state index is 12.9. The number of nitrogens with one attached hydrogen (secondary N) is 1. The Hall–Kier alpha value is -2.57. The van der Waals surface area contributed by atoms with Crippen molar-refractivity contribution in [3.05, 3.63) is 23.8 Å². The third-order valence-electron chi connectivity index (χ3n) is 6.35. The van der Waals surface area contributed by atoms with E-state index in [1.165, 1.54) is 13.3 Å². The van der Waals surface area contributed by atoms with E-state index in [2.05, 4.69) is 5.32 Å². The van der Waals surface area contributed by atoms with Crippen LogP contribution in [0, 0.1) is 0 Å². The molecule has 1 saturated carbocycles. The molecule has 1 heterocycles. The SMILES string of the molecule is CC(=O)OCCN(C(=O)CCCCOc1ccc2c(c1)C(C)CC(=O)N2)C1CCCCC1. The number of hydrogen-bond acceptors (Lipinski definition) is 5. The summed E-state index contributed by atoms with van der Waals surface area (Å²) in [7, 11) is 0. The van der Waals surface area contributed by atoms with Crippen molar-refractivity contribution < 1.29 is 23.9 Å². The van der Waals surface area contributed by atoms with Crippen LogP contribution in [0.1, 0.15) is 83.1 Å². The van der Waals surface area contributed by atoms with Crippen LogP contribution in [0.4, 0.5) is 5.69 Å². The van der Waals surface area contributed by atoms with Crippen LogP contribution in [0.2, 0.25) is 0 Å². The summed E-state index contributed by atoms with van der Waals surface area (Å²) in [5.41, 5.74) is 1.97. The Morgan fingerprint density at radius 1 is 1.12 bits per heavy atom. The highest BCUT2D eigenvalue weighted by atomic mass is 16.5. The topological polar surface area (TPSA) is 84.9 Å². The molecule has 2 amide bonds. The van der Waals surface area contributed by atoms with Crippen LogP contribution in [0.5, 0.6) is 5.75 Å². The molecule has 7 heteroatoms. The number of unbranched alkanes of at least 4 members (excludes halogenated alkanes) is 1. The van der Waals surface area contributed by atoms with E-state index in [9.17, 15) is 14.4 Å². The highest BCUT2D eigenvalue weighted by molar-refractivity contribution is 5.94. The molecule has 176 valence electrons. The number of carbonyl (C=O) groups is 3. The number of anilines is 1. The lowest BCUT2D eigenvalue weighted by Crippen LogP contribution is -2.43. The van der Waals surface area contributed by atoms with E-state index in [1.807, 2.05) is 30.0 Å². The third-order valence-corrected chi connectivity index (χ3v) is 6.35. The molecule has 1 fully saturated rings. The van der Waals surface area contributed by atoms with Gasteiger partial charge in [0.25, 0.3) is 0 Å². The molecule has 1 aliphatic heterocycles. The number of carbonyl (C=O) groups excluding carboxylic acids is 3. The number of ether oxygens (including phenoxy) is 2. The summed E-state index contributed by atoms with van der Waals surface area (Å²) in [4.78, 5) is 37.6. The van der Waals surface area contributed by atoms with E-state index in [1.54, 1.807) is 0 Å². The van der Waals surface area contributed by atoms with Gasteiger partial charge in [0.1, 0.15) is 12.4 Å². The molecule has 1 unspecified atom stereocenters. The second-order valence-electron chi connectivity index (χ2n) is 8.93. The van der Waals surface area contributed by atoms with Crippen molar-refractivity contribution >= 4 is 23.5 Å². The first-order chi connectivity index (χ1) is 15.4. The number of nitrogens with zero attached hydrogens (tertiary/aromatic N) is 1. The zero-order valence-corrected chi connectivity index (χ0v) is 19.4. The van der Waals surface area contributed by atoms with Crippen LogP contribution >= 0.6 is 0 Å². The average Bonchev–Trinajstić information content (AvgIpc) is 2.77. The van der Waals surface area contributed by atoms with Gasteiger partial charge in [0.2, 0.25) is 11.8 Å². The third kappa shape index (κ3) is 6.97. The van der Waals surface area contributed by atoms with Crippen molar-refractivity contribution in [1.82, 2.24) is 4.90 Å².